The predicted octanol–water partition coefficient (Wildman–Crippen LogP) is 11.6. The van der Waals surface area contributed by atoms with Crippen LogP contribution in [0.3, 0.4) is 0 Å². The van der Waals surface area contributed by atoms with Crippen molar-refractivity contribution in [3.05, 3.63) is 96.1 Å². The van der Waals surface area contributed by atoms with Gasteiger partial charge in [-0.15, -0.1) is 13.2 Å². The third-order valence-corrected chi connectivity index (χ3v) is 11.2. The molecule has 262 valence electrons. The minimum atomic E-state index is -0.648. The second-order valence-corrected chi connectivity index (χ2v) is 14.4. The molecule has 0 aromatic heterocycles. The summed E-state index contributed by atoms with van der Waals surface area (Å²) < 4.78 is 5.01. The Labute approximate surface area is 299 Å². The molecule has 0 unspecified atom stereocenters. The monoisotopic (exact) mass is 681 g/mol. The predicted molar refractivity (Wildman–Crippen MR) is 206 cm³/mol. The molecule has 2 heterocycles. The van der Waals surface area contributed by atoms with Crippen LogP contribution in [0.4, 0.5) is 0 Å². The number of esters is 2. The van der Waals surface area contributed by atoms with Gasteiger partial charge in [0, 0.05) is 27.9 Å². The van der Waals surface area contributed by atoms with Gasteiger partial charge in [-0.05, 0) is 95.1 Å². The van der Waals surface area contributed by atoms with Gasteiger partial charge in [0.05, 0.1) is 11.1 Å². The molecule has 0 fully saturated rings. The lowest BCUT2D eigenvalue weighted by atomic mass is 9.82. The van der Waals surface area contributed by atoms with Crippen molar-refractivity contribution in [2.24, 2.45) is 0 Å². The molecule has 6 nitrogen and oxygen atoms in total. The van der Waals surface area contributed by atoms with Crippen LogP contribution in [0.1, 0.15) is 144 Å². The van der Waals surface area contributed by atoms with Gasteiger partial charge in [-0.1, -0.05) is 101 Å². The standard InChI is InChI=1S/C45H47NO5/c1-3-5-7-9-11-13-15-17-19-29(20-18-16-14-12-10-8-6-4-2)46-42(47)34-25-21-30-32-23-27-36-41-37(45(50)51-44(36)49)28-24-33(39(32)41)31-22-26-35(43(46)48)40(34)38(30)31/h3-4,21-29H,1-2,5-20H2. The number of cyclic esters (lactones) is 2. The summed E-state index contributed by atoms with van der Waals surface area (Å²) >= 11 is 0. The minimum absolute atomic E-state index is 0.142. The van der Waals surface area contributed by atoms with Gasteiger partial charge < -0.3 is 4.74 Å². The number of fused-ring (bicyclic) bond motifs is 2. The number of benzene rings is 5. The molecule has 2 amide bonds. The molecule has 6 heteroatoms. The second-order valence-electron chi connectivity index (χ2n) is 14.4. The van der Waals surface area contributed by atoms with Crippen molar-refractivity contribution in [3.8, 4) is 0 Å². The Bertz CT molecular complexity index is 2030. The van der Waals surface area contributed by atoms with Gasteiger partial charge in [-0.25, -0.2) is 9.59 Å². The van der Waals surface area contributed by atoms with Crippen LogP contribution in [0, 0.1) is 0 Å². The number of rotatable bonds is 19. The molecule has 5 aromatic rings. The van der Waals surface area contributed by atoms with E-state index in [-0.39, 0.29) is 17.9 Å². The summed E-state index contributed by atoms with van der Waals surface area (Å²) in [6.45, 7) is 7.65. The zero-order valence-electron chi connectivity index (χ0n) is 29.6. The molecule has 0 atom stereocenters. The smallest absolute Gasteiger partial charge is 0.346 e. The summed E-state index contributed by atoms with van der Waals surface area (Å²) in [5, 5.41) is 6.51. The summed E-state index contributed by atoms with van der Waals surface area (Å²) in [7, 11) is 0. The van der Waals surface area contributed by atoms with Crippen LogP contribution in [0.15, 0.2) is 73.8 Å². The lowest BCUT2D eigenvalue weighted by Gasteiger charge is -2.35. The van der Waals surface area contributed by atoms with Gasteiger partial charge in [0.25, 0.3) is 11.8 Å². The quantitative estimate of drug-likeness (QED) is 0.0165. The molecule has 0 aliphatic carbocycles. The summed E-state index contributed by atoms with van der Waals surface area (Å²) in [6, 6.07) is 14.8. The topological polar surface area (TPSA) is 80.8 Å². The highest BCUT2D eigenvalue weighted by Crippen LogP contribution is 2.46. The van der Waals surface area contributed by atoms with Crippen LogP contribution in [-0.4, -0.2) is 34.7 Å². The lowest BCUT2D eigenvalue weighted by Crippen LogP contribution is -2.47. The van der Waals surface area contributed by atoms with Crippen molar-refractivity contribution >= 4 is 66.8 Å². The zero-order valence-corrected chi connectivity index (χ0v) is 29.6. The lowest BCUT2D eigenvalue weighted by molar-refractivity contribution is 0.0389. The Kier molecular flexibility index (Phi) is 10.3. The molecule has 0 saturated carbocycles. The molecule has 2 aliphatic rings. The third-order valence-electron chi connectivity index (χ3n) is 11.2. The van der Waals surface area contributed by atoms with Crippen LogP contribution in [0.5, 0.6) is 0 Å². The summed E-state index contributed by atoms with van der Waals surface area (Å²) in [5.74, 6) is -1.71. The van der Waals surface area contributed by atoms with Gasteiger partial charge >= 0.3 is 11.9 Å². The van der Waals surface area contributed by atoms with Crippen molar-refractivity contribution in [2.75, 3.05) is 0 Å². The highest BCUT2D eigenvalue weighted by atomic mass is 16.6. The van der Waals surface area contributed by atoms with E-state index in [9.17, 15) is 19.2 Å². The normalized spacial score (nSPS) is 14.2. The molecule has 51 heavy (non-hydrogen) atoms. The van der Waals surface area contributed by atoms with Gasteiger partial charge in [0.2, 0.25) is 0 Å². The third kappa shape index (κ3) is 6.34. The van der Waals surface area contributed by atoms with Crippen molar-refractivity contribution in [2.45, 2.75) is 109 Å². The number of hydrogen-bond donors (Lipinski definition) is 0. The van der Waals surface area contributed by atoms with Crippen molar-refractivity contribution < 1.29 is 23.9 Å². The van der Waals surface area contributed by atoms with E-state index in [4.69, 9.17) is 4.74 Å². The molecule has 7 rings (SSSR count). The van der Waals surface area contributed by atoms with Crippen LogP contribution in [-0.2, 0) is 4.74 Å². The maximum atomic E-state index is 14.5. The fraction of sp³-hybridized carbons (Fsp3) is 0.378. The number of hydrogen-bond acceptors (Lipinski definition) is 5. The first kappa shape index (κ1) is 34.6. The van der Waals surface area contributed by atoms with E-state index in [2.05, 4.69) is 13.2 Å². The summed E-state index contributed by atoms with van der Waals surface area (Å²) in [5.41, 5.74) is 1.86. The summed E-state index contributed by atoms with van der Waals surface area (Å²) in [6.07, 6.45) is 21.4. The Hall–Kier alpha value is -4.84. The highest BCUT2D eigenvalue weighted by molar-refractivity contribution is 6.40. The Morgan fingerprint density at radius 2 is 0.824 bits per heavy atom. The number of amides is 2. The van der Waals surface area contributed by atoms with E-state index >= 15 is 0 Å². The van der Waals surface area contributed by atoms with Crippen LogP contribution in [0.2, 0.25) is 0 Å². The number of nitrogens with zero attached hydrogens (tertiary/aromatic N) is 1. The average molecular weight is 682 g/mol. The first-order valence-electron chi connectivity index (χ1n) is 19.0. The maximum Gasteiger partial charge on any atom is 0.346 e. The molecular formula is C45H47NO5. The first-order valence-corrected chi connectivity index (χ1v) is 19.0. The Morgan fingerprint density at radius 1 is 0.471 bits per heavy atom. The van der Waals surface area contributed by atoms with Crippen molar-refractivity contribution in [1.82, 2.24) is 4.90 Å². The summed E-state index contributed by atoms with van der Waals surface area (Å²) in [4.78, 5) is 56.0. The van der Waals surface area contributed by atoms with Gasteiger partial charge in [-0.3, -0.25) is 14.5 Å². The maximum absolute atomic E-state index is 14.5. The van der Waals surface area contributed by atoms with E-state index in [1.807, 2.05) is 48.6 Å². The second kappa shape index (κ2) is 15.2. The van der Waals surface area contributed by atoms with Crippen LogP contribution < -0.4 is 0 Å². The van der Waals surface area contributed by atoms with Crippen LogP contribution >= 0.6 is 0 Å². The number of unbranched alkanes of at least 4 members (excludes halogenated alkanes) is 12. The SMILES string of the molecule is C=CCCCCCCCCC(CCCCCCCCC=C)N1C(=O)c2ccc3c4ccc5c6c(ccc(c7ccc(c2c37)C1=O)c64)C(=O)OC5=O. The van der Waals surface area contributed by atoms with Gasteiger partial charge in [0.15, 0.2) is 0 Å². The van der Waals surface area contributed by atoms with E-state index in [1.165, 1.54) is 38.5 Å². The highest BCUT2D eigenvalue weighted by Gasteiger charge is 2.38. The molecule has 0 saturated heterocycles. The fourth-order valence-corrected chi connectivity index (χ4v) is 8.62. The van der Waals surface area contributed by atoms with E-state index in [0.717, 1.165) is 96.5 Å². The first-order chi connectivity index (χ1) is 25.0. The number of allylic oxidation sites excluding steroid dienone is 2. The number of imide groups is 1. The molecular weight excluding hydrogens is 634 g/mol. The van der Waals surface area contributed by atoms with Crippen molar-refractivity contribution in [3.63, 3.8) is 0 Å². The largest absolute Gasteiger partial charge is 0.386 e. The van der Waals surface area contributed by atoms with E-state index in [1.54, 1.807) is 17.0 Å². The minimum Gasteiger partial charge on any atom is -0.386 e. The van der Waals surface area contributed by atoms with E-state index in [0.29, 0.717) is 33.0 Å². The number of carbonyl (C=O) groups is 4. The van der Waals surface area contributed by atoms with E-state index < -0.39 is 11.9 Å². The van der Waals surface area contributed by atoms with Crippen LogP contribution in [0.25, 0.3) is 43.1 Å². The molecule has 0 spiro atoms. The molecule has 0 N–H and O–H groups in total. The van der Waals surface area contributed by atoms with Gasteiger partial charge in [0.1, 0.15) is 0 Å². The molecule has 0 bridgehead atoms. The van der Waals surface area contributed by atoms with Crippen molar-refractivity contribution in [1.29, 1.82) is 0 Å². The number of carbonyl (C=O) groups excluding carboxylic acids is 4. The fourth-order valence-electron chi connectivity index (χ4n) is 8.62. The average Bonchev–Trinajstić information content (AvgIpc) is 3.14. The molecule has 0 radical (unpaired) electrons. The zero-order chi connectivity index (χ0) is 35.5. The molecule has 5 aromatic carbocycles. The molecule has 2 aliphatic heterocycles. The Morgan fingerprint density at radius 3 is 1.24 bits per heavy atom. The number of ether oxygens (including phenoxy) is 1. The Balaban J connectivity index is 1.20. The van der Waals surface area contributed by atoms with Gasteiger partial charge in [-0.2, -0.15) is 0 Å².